The Bertz CT molecular complexity index is 869. The minimum atomic E-state index is -0.360. The van der Waals surface area contributed by atoms with Crippen molar-refractivity contribution in [3.8, 4) is 6.07 Å². The van der Waals surface area contributed by atoms with E-state index in [4.69, 9.17) is 4.74 Å². The van der Waals surface area contributed by atoms with Gasteiger partial charge in [-0.15, -0.1) is 5.10 Å². The van der Waals surface area contributed by atoms with Crippen molar-refractivity contribution in [2.45, 2.75) is 39.2 Å². The number of anilines is 1. The molecule has 0 amide bonds. The van der Waals surface area contributed by atoms with Crippen LogP contribution in [-0.2, 0) is 11.3 Å². The number of carbonyl (C=O) groups excluding carboxylic acids is 1. The lowest BCUT2D eigenvalue weighted by Crippen LogP contribution is -2.12. The number of aryl methyl sites for hydroxylation is 1. The molecule has 128 valence electrons. The Morgan fingerprint density at radius 1 is 1.36 bits per heavy atom. The van der Waals surface area contributed by atoms with Gasteiger partial charge in [0.2, 0.25) is 0 Å². The zero-order valence-corrected chi connectivity index (χ0v) is 14.5. The molecule has 2 aromatic heterocycles. The largest absolute Gasteiger partial charge is 0.465 e. The standard InChI is InChI=1S/C18H19N5O2/c1-10-11(2)22-23-17(15(10)8-19)20-9-13-6-7-14(18(24)25-3)16(21-13)12-4-5-12/h6-7,12H,4-5,9H2,1-3H3,(H,20,23). The van der Waals surface area contributed by atoms with Gasteiger partial charge in [-0.2, -0.15) is 10.4 Å². The van der Waals surface area contributed by atoms with Crippen LogP contribution in [-0.4, -0.2) is 28.3 Å². The number of hydrogen-bond donors (Lipinski definition) is 1. The molecule has 0 radical (unpaired) electrons. The minimum absolute atomic E-state index is 0.324. The van der Waals surface area contributed by atoms with E-state index >= 15 is 0 Å². The zero-order chi connectivity index (χ0) is 18.0. The van der Waals surface area contributed by atoms with Gasteiger partial charge in [-0.05, 0) is 44.4 Å². The monoisotopic (exact) mass is 337 g/mol. The topological polar surface area (TPSA) is 101 Å². The summed E-state index contributed by atoms with van der Waals surface area (Å²) in [6.45, 7) is 4.07. The number of carbonyl (C=O) groups is 1. The molecule has 2 aromatic rings. The molecule has 7 nitrogen and oxygen atoms in total. The van der Waals surface area contributed by atoms with Crippen LogP contribution in [0.25, 0.3) is 0 Å². The molecule has 1 aliphatic rings. The highest BCUT2D eigenvalue weighted by Gasteiger charge is 2.30. The number of aromatic nitrogens is 3. The molecular weight excluding hydrogens is 318 g/mol. The lowest BCUT2D eigenvalue weighted by atomic mass is 10.1. The lowest BCUT2D eigenvalue weighted by Gasteiger charge is -2.11. The van der Waals surface area contributed by atoms with Gasteiger partial charge in [0, 0.05) is 5.92 Å². The molecule has 2 heterocycles. The molecule has 1 fully saturated rings. The first-order valence-electron chi connectivity index (χ1n) is 8.11. The SMILES string of the molecule is COC(=O)c1ccc(CNc2nnc(C)c(C)c2C#N)nc1C1CC1. The molecular formula is C18H19N5O2. The van der Waals surface area contributed by atoms with Crippen LogP contribution < -0.4 is 5.32 Å². The van der Waals surface area contributed by atoms with Crippen molar-refractivity contribution in [3.05, 3.63) is 45.9 Å². The third kappa shape index (κ3) is 3.43. The van der Waals surface area contributed by atoms with Crippen molar-refractivity contribution in [2.24, 2.45) is 0 Å². The van der Waals surface area contributed by atoms with Crippen molar-refractivity contribution in [3.63, 3.8) is 0 Å². The van der Waals surface area contributed by atoms with Gasteiger partial charge in [0.05, 0.1) is 36.3 Å². The van der Waals surface area contributed by atoms with Gasteiger partial charge in [-0.25, -0.2) is 4.79 Å². The van der Waals surface area contributed by atoms with E-state index in [9.17, 15) is 10.1 Å². The zero-order valence-electron chi connectivity index (χ0n) is 14.5. The summed E-state index contributed by atoms with van der Waals surface area (Å²) >= 11 is 0. The molecule has 1 aliphatic carbocycles. The van der Waals surface area contributed by atoms with Crippen LogP contribution >= 0.6 is 0 Å². The van der Waals surface area contributed by atoms with E-state index in [-0.39, 0.29) is 5.97 Å². The Kier molecular flexibility index (Phi) is 4.61. The summed E-state index contributed by atoms with van der Waals surface area (Å²) in [7, 11) is 1.37. The first-order valence-corrected chi connectivity index (χ1v) is 8.11. The molecule has 1 N–H and O–H groups in total. The second kappa shape index (κ2) is 6.85. The van der Waals surface area contributed by atoms with Gasteiger partial charge in [-0.3, -0.25) is 4.98 Å². The van der Waals surface area contributed by atoms with Crippen molar-refractivity contribution in [1.82, 2.24) is 15.2 Å². The third-order valence-electron chi connectivity index (χ3n) is 4.36. The van der Waals surface area contributed by atoms with E-state index in [0.717, 1.165) is 35.5 Å². The van der Waals surface area contributed by atoms with E-state index in [1.54, 1.807) is 12.1 Å². The summed E-state index contributed by atoms with van der Waals surface area (Å²) in [5, 5.41) is 20.6. The average Bonchev–Trinajstić information content (AvgIpc) is 3.47. The van der Waals surface area contributed by atoms with E-state index < -0.39 is 0 Å². The number of nitriles is 1. The summed E-state index contributed by atoms with van der Waals surface area (Å²) in [4.78, 5) is 16.5. The van der Waals surface area contributed by atoms with Gasteiger partial charge in [-0.1, -0.05) is 0 Å². The van der Waals surface area contributed by atoms with Gasteiger partial charge in [0.1, 0.15) is 11.6 Å². The number of pyridine rings is 1. The Morgan fingerprint density at radius 2 is 2.12 bits per heavy atom. The molecule has 0 aliphatic heterocycles. The fourth-order valence-electron chi connectivity index (χ4n) is 2.61. The van der Waals surface area contributed by atoms with Gasteiger partial charge < -0.3 is 10.1 Å². The molecule has 0 bridgehead atoms. The van der Waals surface area contributed by atoms with Crippen LogP contribution in [0.2, 0.25) is 0 Å². The smallest absolute Gasteiger partial charge is 0.339 e. The van der Waals surface area contributed by atoms with E-state index in [0.29, 0.717) is 29.4 Å². The van der Waals surface area contributed by atoms with Crippen LogP contribution in [0.1, 0.15) is 57.3 Å². The summed E-state index contributed by atoms with van der Waals surface area (Å²) in [6.07, 6.45) is 2.07. The summed E-state index contributed by atoms with van der Waals surface area (Å²) in [5.41, 5.74) is 4.13. The normalized spacial score (nSPS) is 13.2. The second-order valence-corrected chi connectivity index (χ2v) is 6.10. The summed E-state index contributed by atoms with van der Waals surface area (Å²) in [6, 6.07) is 5.70. The molecule has 0 aromatic carbocycles. The van der Waals surface area contributed by atoms with E-state index in [1.807, 2.05) is 13.8 Å². The number of esters is 1. The van der Waals surface area contributed by atoms with Crippen molar-refractivity contribution in [2.75, 3.05) is 12.4 Å². The predicted octanol–water partition coefficient (Wildman–Crippen LogP) is 2.64. The Balaban J connectivity index is 1.83. The predicted molar refractivity (Wildman–Crippen MR) is 91.1 cm³/mol. The quantitative estimate of drug-likeness (QED) is 0.837. The van der Waals surface area contributed by atoms with Crippen LogP contribution in [0.15, 0.2) is 12.1 Å². The second-order valence-electron chi connectivity index (χ2n) is 6.10. The number of nitrogens with zero attached hydrogens (tertiary/aromatic N) is 4. The Labute approximate surface area is 146 Å². The van der Waals surface area contributed by atoms with Crippen molar-refractivity contribution >= 4 is 11.8 Å². The minimum Gasteiger partial charge on any atom is -0.465 e. The number of methoxy groups -OCH3 is 1. The Hall–Kier alpha value is -3.01. The highest BCUT2D eigenvalue weighted by atomic mass is 16.5. The molecule has 25 heavy (non-hydrogen) atoms. The molecule has 7 heteroatoms. The van der Waals surface area contributed by atoms with Crippen LogP contribution in [0, 0.1) is 25.2 Å². The van der Waals surface area contributed by atoms with Crippen LogP contribution in [0.3, 0.4) is 0 Å². The summed E-state index contributed by atoms with van der Waals surface area (Å²) < 4.78 is 4.83. The maximum Gasteiger partial charge on any atom is 0.339 e. The lowest BCUT2D eigenvalue weighted by molar-refractivity contribution is 0.0598. The molecule has 0 spiro atoms. The van der Waals surface area contributed by atoms with E-state index in [2.05, 4.69) is 26.6 Å². The van der Waals surface area contributed by atoms with Crippen molar-refractivity contribution in [1.29, 1.82) is 5.26 Å². The van der Waals surface area contributed by atoms with Gasteiger partial charge >= 0.3 is 5.97 Å². The molecule has 1 saturated carbocycles. The molecule has 0 unspecified atom stereocenters. The first-order chi connectivity index (χ1) is 12.0. The van der Waals surface area contributed by atoms with Gasteiger partial charge in [0.15, 0.2) is 5.82 Å². The van der Waals surface area contributed by atoms with Crippen molar-refractivity contribution < 1.29 is 9.53 Å². The fourth-order valence-corrected chi connectivity index (χ4v) is 2.61. The average molecular weight is 337 g/mol. The molecule has 0 saturated heterocycles. The maximum atomic E-state index is 11.9. The molecule has 3 rings (SSSR count). The highest BCUT2D eigenvalue weighted by Crippen LogP contribution is 2.40. The van der Waals surface area contributed by atoms with E-state index in [1.165, 1.54) is 7.11 Å². The van der Waals surface area contributed by atoms with Crippen LogP contribution in [0.5, 0.6) is 0 Å². The summed E-state index contributed by atoms with van der Waals surface area (Å²) in [5.74, 6) is 0.406. The van der Waals surface area contributed by atoms with Crippen LogP contribution in [0.4, 0.5) is 5.82 Å². The number of ether oxygens (including phenoxy) is 1. The number of rotatable bonds is 5. The Morgan fingerprint density at radius 3 is 2.76 bits per heavy atom. The fraction of sp³-hybridized carbons (Fsp3) is 0.389. The maximum absolute atomic E-state index is 11.9. The number of nitrogens with one attached hydrogen (secondary N) is 1. The first kappa shape index (κ1) is 16.8. The van der Waals surface area contributed by atoms with Gasteiger partial charge in [0.25, 0.3) is 0 Å². The third-order valence-corrected chi connectivity index (χ3v) is 4.36. The molecule has 0 atom stereocenters. The highest BCUT2D eigenvalue weighted by molar-refractivity contribution is 5.90. The number of hydrogen-bond acceptors (Lipinski definition) is 7.